The van der Waals surface area contributed by atoms with E-state index in [-0.39, 0.29) is 17.9 Å². The van der Waals surface area contributed by atoms with Crippen LogP contribution in [-0.4, -0.2) is 57.3 Å². The minimum Gasteiger partial charge on any atom is -0.337 e. The molecule has 0 spiro atoms. The van der Waals surface area contributed by atoms with Gasteiger partial charge in [0.1, 0.15) is 5.69 Å². The topological polar surface area (TPSA) is 66.4 Å². The molecule has 3 aliphatic rings. The number of carbonyl (C=O) groups is 2. The Kier molecular flexibility index (Phi) is 4.65. The molecule has 0 aromatic carbocycles. The van der Waals surface area contributed by atoms with Crippen LogP contribution in [0.1, 0.15) is 28.9 Å². The van der Waals surface area contributed by atoms with Crippen molar-refractivity contribution in [1.82, 2.24) is 19.8 Å². The van der Waals surface area contributed by atoms with Crippen LogP contribution < -0.4 is 0 Å². The second-order valence-corrected chi connectivity index (χ2v) is 7.10. The van der Waals surface area contributed by atoms with Crippen molar-refractivity contribution in [3.8, 4) is 0 Å². The fourth-order valence-electron chi connectivity index (χ4n) is 3.98. The maximum atomic E-state index is 12.8. The number of hydrogen-bond acceptors (Lipinski definition) is 4. The first kappa shape index (κ1) is 16.7. The molecule has 0 saturated carbocycles. The highest BCUT2D eigenvalue weighted by Gasteiger charge is 2.38. The summed E-state index contributed by atoms with van der Waals surface area (Å²) >= 11 is 0. The van der Waals surface area contributed by atoms with Crippen LogP contribution in [0, 0.1) is 5.92 Å². The van der Waals surface area contributed by atoms with Crippen molar-refractivity contribution in [2.45, 2.75) is 25.3 Å². The lowest BCUT2D eigenvalue weighted by molar-refractivity contribution is -0.134. The summed E-state index contributed by atoms with van der Waals surface area (Å²) in [5, 5.41) is 0. The SMILES string of the molecule is O=C(c1ccccn1)N1C[C@@H]2CC[C@H](C1)N(C(=O)Cc1ccncc1)C2. The van der Waals surface area contributed by atoms with Crippen LogP contribution in [0.2, 0.25) is 0 Å². The third kappa shape index (κ3) is 3.45. The summed E-state index contributed by atoms with van der Waals surface area (Å²) in [5.41, 5.74) is 1.45. The Hall–Kier alpha value is -2.76. The Labute approximate surface area is 152 Å². The van der Waals surface area contributed by atoms with E-state index in [0.29, 0.717) is 31.1 Å². The first-order valence-electron chi connectivity index (χ1n) is 9.09. The lowest BCUT2D eigenvalue weighted by Gasteiger charge is -2.36. The lowest BCUT2D eigenvalue weighted by Crippen LogP contribution is -2.48. The van der Waals surface area contributed by atoms with Gasteiger partial charge < -0.3 is 9.80 Å². The van der Waals surface area contributed by atoms with Crippen molar-refractivity contribution in [1.29, 1.82) is 0 Å². The summed E-state index contributed by atoms with van der Waals surface area (Å²) in [6, 6.07) is 9.24. The molecular formula is C20H22N4O2. The maximum absolute atomic E-state index is 12.8. The van der Waals surface area contributed by atoms with Crippen LogP contribution in [0.3, 0.4) is 0 Å². The number of pyridine rings is 2. The van der Waals surface area contributed by atoms with Crippen LogP contribution in [0.15, 0.2) is 48.9 Å². The van der Waals surface area contributed by atoms with Crippen molar-refractivity contribution in [2.75, 3.05) is 19.6 Å². The van der Waals surface area contributed by atoms with Crippen LogP contribution >= 0.6 is 0 Å². The van der Waals surface area contributed by atoms with Gasteiger partial charge in [-0.3, -0.25) is 19.6 Å². The molecule has 5 heterocycles. The van der Waals surface area contributed by atoms with Gasteiger partial charge in [0.25, 0.3) is 5.91 Å². The van der Waals surface area contributed by atoms with E-state index in [9.17, 15) is 9.59 Å². The predicted molar refractivity (Wildman–Crippen MR) is 96.3 cm³/mol. The zero-order valence-electron chi connectivity index (χ0n) is 14.6. The summed E-state index contributed by atoms with van der Waals surface area (Å²) in [5.74, 6) is 0.437. The number of nitrogens with zero attached hydrogens (tertiary/aromatic N) is 4. The van der Waals surface area contributed by atoms with E-state index in [0.717, 1.165) is 24.9 Å². The minimum atomic E-state index is -0.0362. The predicted octanol–water partition coefficient (Wildman–Crippen LogP) is 1.78. The number of hydrogen-bond donors (Lipinski definition) is 0. The van der Waals surface area contributed by atoms with Crippen molar-refractivity contribution in [2.24, 2.45) is 5.92 Å². The maximum Gasteiger partial charge on any atom is 0.272 e. The molecule has 5 rings (SSSR count). The van der Waals surface area contributed by atoms with Gasteiger partial charge in [-0.05, 0) is 48.6 Å². The van der Waals surface area contributed by atoms with Gasteiger partial charge in [0.15, 0.2) is 0 Å². The molecule has 3 saturated heterocycles. The standard InChI is InChI=1S/C20H22N4O2/c25-19(11-15-6-9-21-10-7-15)24-13-16-4-5-17(24)14-23(12-16)20(26)18-3-1-2-8-22-18/h1-3,6-10,16-17H,4-5,11-14H2/t16-,17+/m0/s1. The van der Waals surface area contributed by atoms with Crippen molar-refractivity contribution < 1.29 is 9.59 Å². The van der Waals surface area contributed by atoms with Gasteiger partial charge in [-0.15, -0.1) is 0 Å². The normalized spacial score (nSPS) is 22.2. The van der Waals surface area contributed by atoms with Crippen molar-refractivity contribution >= 4 is 11.8 Å². The zero-order valence-corrected chi connectivity index (χ0v) is 14.6. The lowest BCUT2D eigenvalue weighted by atomic mass is 9.94. The number of piperidine rings is 1. The highest BCUT2D eigenvalue weighted by Crippen LogP contribution is 2.29. The van der Waals surface area contributed by atoms with Crippen molar-refractivity contribution in [3.63, 3.8) is 0 Å². The number of amides is 2. The van der Waals surface area contributed by atoms with Gasteiger partial charge in [0.2, 0.25) is 5.91 Å². The number of carbonyl (C=O) groups excluding carboxylic acids is 2. The van der Waals surface area contributed by atoms with Gasteiger partial charge in [0, 0.05) is 44.3 Å². The van der Waals surface area contributed by atoms with Gasteiger partial charge >= 0.3 is 0 Å². The van der Waals surface area contributed by atoms with Crippen LogP contribution in [0.4, 0.5) is 0 Å². The first-order valence-corrected chi connectivity index (χ1v) is 9.09. The summed E-state index contributed by atoms with van der Waals surface area (Å²) in [6.07, 6.45) is 7.48. The van der Waals surface area contributed by atoms with E-state index in [4.69, 9.17) is 0 Å². The minimum absolute atomic E-state index is 0.0362. The third-order valence-corrected chi connectivity index (χ3v) is 5.31. The zero-order chi connectivity index (χ0) is 17.9. The Morgan fingerprint density at radius 1 is 1.00 bits per heavy atom. The molecule has 6 heteroatoms. The molecule has 2 atom stereocenters. The second-order valence-electron chi connectivity index (χ2n) is 7.10. The van der Waals surface area contributed by atoms with E-state index in [1.54, 1.807) is 24.7 Å². The molecule has 26 heavy (non-hydrogen) atoms. The summed E-state index contributed by atoms with van der Waals surface area (Å²) in [6.45, 7) is 2.03. The molecule has 2 aromatic rings. The summed E-state index contributed by atoms with van der Waals surface area (Å²) < 4.78 is 0. The largest absolute Gasteiger partial charge is 0.337 e. The van der Waals surface area contributed by atoms with Gasteiger partial charge in [-0.1, -0.05) is 6.07 Å². The van der Waals surface area contributed by atoms with Crippen LogP contribution in [0.5, 0.6) is 0 Å². The van der Waals surface area contributed by atoms with E-state index >= 15 is 0 Å². The number of rotatable bonds is 3. The monoisotopic (exact) mass is 350 g/mol. The molecule has 0 aliphatic carbocycles. The Morgan fingerprint density at radius 2 is 1.85 bits per heavy atom. The molecule has 2 aromatic heterocycles. The Morgan fingerprint density at radius 3 is 2.62 bits per heavy atom. The van der Waals surface area contributed by atoms with Gasteiger partial charge in [-0.25, -0.2) is 0 Å². The fourth-order valence-corrected chi connectivity index (χ4v) is 3.98. The van der Waals surface area contributed by atoms with Gasteiger partial charge in [0.05, 0.1) is 6.42 Å². The molecule has 3 aliphatic heterocycles. The molecule has 3 fully saturated rings. The number of fused-ring (bicyclic) bond motifs is 4. The van der Waals surface area contributed by atoms with Crippen molar-refractivity contribution in [3.05, 3.63) is 60.2 Å². The molecule has 2 amide bonds. The second kappa shape index (κ2) is 7.23. The molecular weight excluding hydrogens is 328 g/mol. The van der Waals surface area contributed by atoms with E-state index in [1.807, 2.05) is 34.1 Å². The average Bonchev–Trinajstić information content (AvgIpc) is 3.01. The summed E-state index contributed by atoms with van der Waals surface area (Å²) in [4.78, 5) is 37.7. The molecule has 0 unspecified atom stereocenters. The van der Waals surface area contributed by atoms with E-state index in [2.05, 4.69) is 9.97 Å². The molecule has 2 bridgehead atoms. The highest BCUT2D eigenvalue weighted by atomic mass is 16.2. The van der Waals surface area contributed by atoms with E-state index < -0.39 is 0 Å². The molecule has 0 radical (unpaired) electrons. The van der Waals surface area contributed by atoms with Gasteiger partial charge in [-0.2, -0.15) is 0 Å². The molecule has 134 valence electrons. The molecule has 0 N–H and O–H groups in total. The Balaban J connectivity index is 1.48. The molecule has 6 nitrogen and oxygen atoms in total. The Bertz CT molecular complexity index is 781. The summed E-state index contributed by atoms with van der Waals surface area (Å²) in [7, 11) is 0. The van der Waals surface area contributed by atoms with Crippen LogP contribution in [0.25, 0.3) is 0 Å². The smallest absolute Gasteiger partial charge is 0.272 e. The van der Waals surface area contributed by atoms with E-state index in [1.165, 1.54) is 0 Å². The highest BCUT2D eigenvalue weighted by molar-refractivity contribution is 5.92. The first-order chi connectivity index (χ1) is 12.7. The van der Waals surface area contributed by atoms with Crippen LogP contribution in [-0.2, 0) is 11.2 Å². The average molecular weight is 350 g/mol. The number of aromatic nitrogens is 2. The quantitative estimate of drug-likeness (QED) is 0.846. The third-order valence-electron chi connectivity index (χ3n) is 5.31. The fraction of sp³-hybridized carbons (Fsp3) is 0.400.